The zero-order chi connectivity index (χ0) is 15.5. The van der Waals surface area contributed by atoms with E-state index in [9.17, 15) is 4.79 Å². The number of rotatable bonds is 10. The highest BCUT2D eigenvalue weighted by Crippen LogP contribution is 2.25. The maximum absolute atomic E-state index is 12.6. The Morgan fingerprint density at radius 3 is 2.29 bits per heavy atom. The second-order valence-electron chi connectivity index (χ2n) is 6.43. The molecule has 0 atom stereocenters. The molecule has 4 heteroatoms. The fourth-order valence-electron chi connectivity index (χ4n) is 3.12. The Morgan fingerprint density at radius 2 is 1.67 bits per heavy atom. The number of aliphatic hydroxyl groups is 1. The van der Waals surface area contributed by atoms with E-state index in [1.807, 2.05) is 4.90 Å². The second kappa shape index (κ2) is 11.0. The van der Waals surface area contributed by atoms with Crippen LogP contribution < -0.4 is 5.73 Å². The van der Waals surface area contributed by atoms with Crippen LogP contribution in [0.3, 0.4) is 0 Å². The van der Waals surface area contributed by atoms with E-state index in [2.05, 4.69) is 6.92 Å². The summed E-state index contributed by atoms with van der Waals surface area (Å²) in [5, 5.41) is 9.03. The lowest BCUT2D eigenvalue weighted by Crippen LogP contribution is -2.40. The topological polar surface area (TPSA) is 66.6 Å². The average Bonchev–Trinajstić information content (AvgIpc) is 2.50. The molecule has 1 amide bonds. The lowest BCUT2D eigenvalue weighted by molar-refractivity contribution is -0.136. The molecule has 0 saturated heterocycles. The molecule has 0 aromatic carbocycles. The predicted molar refractivity (Wildman–Crippen MR) is 87.0 cm³/mol. The van der Waals surface area contributed by atoms with Crippen LogP contribution in [0.2, 0.25) is 0 Å². The highest BCUT2D eigenvalue weighted by atomic mass is 16.3. The van der Waals surface area contributed by atoms with Crippen molar-refractivity contribution in [1.82, 2.24) is 4.90 Å². The van der Waals surface area contributed by atoms with Gasteiger partial charge < -0.3 is 15.7 Å². The molecule has 0 aromatic heterocycles. The Balaban J connectivity index is 2.37. The van der Waals surface area contributed by atoms with Crippen LogP contribution in [0.1, 0.15) is 71.1 Å². The lowest BCUT2D eigenvalue weighted by atomic mass is 9.85. The van der Waals surface area contributed by atoms with Crippen LogP contribution >= 0.6 is 0 Å². The summed E-state index contributed by atoms with van der Waals surface area (Å²) in [4.78, 5) is 14.6. The van der Waals surface area contributed by atoms with Crippen molar-refractivity contribution in [3.63, 3.8) is 0 Å². The zero-order valence-corrected chi connectivity index (χ0v) is 13.7. The summed E-state index contributed by atoms with van der Waals surface area (Å²) in [6.07, 6.45) is 10.6. The molecule has 1 aliphatic carbocycles. The van der Waals surface area contributed by atoms with E-state index in [0.717, 1.165) is 38.6 Å². The van der Waals surface area contributed by atoms with Gasteiger partial charge in [-0.05, 0) is 38.5 Å². The number of carbonyl (C=O) groups excluding carboxylic acids is 1. The van der Waals surface area contributed by atoms with Gasteiger partial charge in [-0.2, -0.15) is 0 Å². The van der Waals surface area contributed by atoms with Gasteiger partial charge in [-0.15, -0.1) is 0 Å². The highest BCUT2D eigenvalue weighted by Gasteiger charge is 2.27. The molecule has 0 spiro atoms. The first-order chi connectivity index (χ1) is 10.2. The Bertz CT molecular complexity index is 276. The maximum Gasteiger partial charge on any atom is 0.225 e. The van der Waals surface area contributed by atoms with Crippen LogP contribution in [0.4, 0.5) is 0 Å². The molecular weight excluding hydrogens is 264 g/mol. The Kier molecular flexibility index (Phi) is 9.68. The second-order valence-corrected chi connectivity index (χ2v) is 6.43. The number of hydrogen-bond donors (Lipinski definition) is 2. The van der Waals surface area contributed by atoms with Crippen LogP contribution in [0, 0.1) is 5.92 Å². The van der Waals surface area contributed by atoms with Crippen molar-refractivity contribution in [2.24, 2.45) is 11.7 Å². The van der Waals surface area contributed by atoms with Crippen LogP contribution in [-0.2, 0) is 4.79 Å². The number of unbranched alkanes of at least 4 members (excludes halogenated alkanes) is 4. The molecule has 3 N–H and O–H groups in total. The monoisotopic (exact) mass is 298 g/mol. The van der Waals surface area contributed by atoms with Crippen molar-refractivity contribution in [1.29, 1.82) is 0 Å². The molecule has 0 radical (unpaired) electrons. The molecule has 1 rings (SSSR count). The van der Waals surface area contributed by atoms with E-state index in [1.165, 1.54) is 25.7 Å². The van der Waals surface area contributed by atoms with Crippen molar-refractivity contribution in [2.45, 2.75) is 77.2 Å². The first-order valence-corrected chi connectivity index (χ1v) is 8.84. The van der Waals surface area contributed by atoms with Crippen LogP contribution in [-0.4, -0.2) is 41.7 Å². The third kappa shape index (κ3) is 7.28. The molecule has 0 heterocycles. The number of carbonyl (C=O) groups is 1. The molecule has 0 bridgehead atoms. The van der Waals surface area contributed by atoms with Crippen molar-refractivity contribution in [3.8, 4) is 0 Å². The van der Waals surface area contributed by atoms with Gasteiger partial charge in [0.15, 0.2) is 0 Å². The van der Waals surface area contributed by atoms with Gasteiger partial charge in [-0.25, -0.2) is 0 Å². The Hall–Kier alpha value is -0.610. The SMILES string of the molecule is CCCCCCCN(CCCO)C(=O)C1CCC(N)CC1. The summed E-state index contributed by atoms with van der Waals surface area (Å²) >= 11 is 0. The van der Waals surface area contributed by atoms with E-state index < -0.39 is 0 Å². The first-order valence-electron chi connectivity index (χ1n) is 8.84. The van der Waals surface area contributed by atoms with Gasteiger partial charge >= 0.3 is 0 Å². The van der Waals surface area contributed by atoms with Crippen LogP contribution in [0.5, 0.6) is 0 Å². The molecule has 1 saturated carbocycles. The maximum atomic E-state index is 12.6. The smallest absolute Gasteiger partial charge is 0.225 e. The van der Waals surface area contributed by atoms with Crippen molar-refractivity contribution >= 4 is 5.91 Å². The molecule has 4 nitrogen and oxygen atoms in total. The molecule has 1 aliphatic rings. The first kappa shape index (κ1) is 18.4. The Morgan fingerprint density at radius 1 is 1.05 bits per heavy atom. The van der Waals surface area contributed by atoms with E-state index in [-0.39, 0.29) is 18.6 Å². The standard InChI is InChI=1S/C17H34N2O2/c1-2-3-4-5-6-12-19(13-7-14-20)17(21)15-8-10-16(18)11-9-15/h15-16,20H,2-14,18H2,1H3. The summed E-state index contributed by atoms with van der Waals surface area (Å²) in [5.41, 5.74) is 5.92. The Labute approximate surface area is 130 Å². The summed E-state index contributed by atoms with van der Waals surface area (Å²) in [6.45, 7) is 3.93. The quantitative estimate of drug-likeness (QED) is 0.609. The number of nitrogens with two attached hydrogens (primary N) is 1. The largest absolute Gasteiger partial charge is 0.396 e. The minimum absolute atomic E-state index is 0.162. The molecule has 1 fully saturated rings. The van der Waals surface area contributed by atoms with E-state index in [1.54, 1.807) is 0 Å². The number of hydrogen-bond acceptors (Lipinski definition) is 3. The van der Waals surface area contributed by atoms with E-state index >= 15 is 0 Å². The molecule has 0 aliphatic heterocycles. The van der Waals surface area contributed by atoms with Gasteiger partial charge in [0.2, 0.25) is 5.91 Å². The summed E-state index contributed by atoms with van der Waals surface area (Å²) < 4.78 is 0. The van der Waals surface area contributed by atoms with E-state index in [4.69, 9.17) is 10.8 Å². The number of amides is 1. The fraction of sp³-hybridized carbons (Fsp3) is 0.941. The summed E-state index contributed by atoms with van der Waals surface area (Å²) in [7, 11) is 0. The third-order valence-electron chi connectivity index (χ3n) is 4.55. The molecule has 0 aromatic rings. The van der Waals surface area contributed by atoms with Crippen molar-refractivity contribution in [2.75, 3.05) is 19.7 Å². The normalized spacial score (nSPS) is 22.2. The lowest BCUT2D eigenvalue weighted by Gasteiger charge is -2.31. The molecule has 124 valence electrons. The summed E-state index contributed by atoms with van der Waals surface area (Å²) in [6, 6.07) is 0.286. The highest BCUT2D eigenvalue weighted by molar-refractivity contribution is 5.78. The third-order valence-corrected chi connectivity index (χ3v) is 4.55. The van der Waals surface area contributed by atoms with Crippen molar-refractivity contribution in [3.05, 3.63) is 0 Å². The average molecular weight is 298 g/mol. The molecular formula is C17H34N2O2. The van der Waals surface area contributed by atoms with Crippen LogP contribution in [0.15, 0.2) is 0 Å². The van der Waals surface area contributed by atoms with Gasteiger partial charge in [0.1, 0.15) is 0 Å². The van der Waals surface area contributed by atoms with Crippen LogP contribution in [0.25, 0.3) is 0 Å². The van der Waals surface area contributed by atoms with Gasteiger partial charge in [-0.1, -0.05) is 32.6 Å². The van der Waals surface area contributed by atoms with E-state index in [0.29, 0.717) is 18.9 Å². The minimum atomic E-state index is 0.162. The minimum Gasteiger partial charge on any atom is -0.396 e. The van der Waals surface area contributed by atoms with Gasteiger partial charge in [0.05, 0.1) is 0 Å². The fourth-order valence-corrected chi connectivity index (χ4v) is 3.12. The predicted octanol–water partition coefficient (Wildman–Crippen LogP) is 2.69. The molecule has 21 heavy (non-hydrogen) atoms. The molecule has 0 unspecified atom stereocenters. The zero-order valence-electron chi connectivity index (χ0n) is 13.7. The summed E-state index contributed by atoms with van der Waals surface area (Å²) in [5.74, 6) is 0.463. The number of nitrogens with zero attached hydrogens (tertiary/aromatic N) is 1. The van der Waals surface area contributed by atoms with Gasteiger partial charge in [-0.3, -0.25) is 4.79 Å². The van der Waals surface area contributed by atoms with Gasteiger partial charge in [0.25, 0.3) is 0 Å². The van der Waals surface area contributed by atoms with Crippen molar-refractivity contribution < 1.29 is 9.90 Å². The van der Waals surface area contributed by atoms with Gasteiger partial charge in [0, 0.05) is 31.7 Å². The number of aliphatic hydroxyl groups excluding tert-OH is 1.